The molecule has 0 bridgehead atoms. The quantitative estimate of drug-likeness (QED) is 0.189. The standard InChI is InChI=1S/C51H42B8O/c1-51(2)32-16-6-5-13-29(32)30-15-8-14-28(42(30)51)24-10-7-11-25(21-24)35-38-40(45(54)49(58)47(56)43(38)52)36(41-39(35)44(53)48(57)50(59)46(41)55)26-18-19-33-31(22-26)37-27-12-4-3-9-23(27)17-20-34(37)60-33/h3-22H,52-59H2,1-2H3. The van der Waals surface area contributed by atoms with Crippen molar-refractivity contribution in [2.24, 2.45) is 0 Å². The summed E-state index contributed by atoms with van der Waals surface area (Å²) in [6, 6.07) is 45.3. The maximum atomic E-state index is 6.57. The molecule has 60 heavy (non-hydrogen) atoms. The average Bonchev–Trinajstić information content (AvgIpc) is 3.77. The largest absolute Gasteiger partial charge is 0.456 e. The van der Waals surface area contributed by atoms with Crippen molar-refractivity contribution in [3.8, 4) is 44.5 Å². The minimum absolute atomic E-state index is 0.113. The molecule has 0 radical (unpaired) electrons. The highest BCUT2D eigenvalue weighted by molar-refractivity contribution is 6.71. The Hall–Kier alpha value is -5.92. The second kappa shape index (κ2) is 13.0. The number of hydrogen-bond donors (Lipinski definition) is 0. The molecule has 1 heterocycles. The molecule has 1 aliphatic carbocycles. The molecule has 0 saturated heterocycles. The first-order valence-electron chi connectivity index (χ1n) is 21.5. The van der Waals surface area contributed by atoms with Gasteiger partial charge < -0.3 is 4.42 Å². The normalized spacial score (nSPS) is 13.2. The molecule has 1 aromatic heterocycles. The van der Waals surface area contributed by atoms with Gasteiger partial charge in [0.05, 0.1) is 0 Å². The molecule has 10 aromatic rings. The van der Waals surface area contributed by atoms with Gasteiger partial charge in [0, 0.05) is 16.2 Å². The summed E-state index contributed by atoms with van der Waals surface area (Å²) >= 11 is 0. The third kappa shape index (κ3) is 4.93. The van der Waals surface area contributed by atoms with Crippen LogP contribution in [0.5, 0.6) is 0 Å². The van der Waals surface area contributed by atoms with E-state index < -0.39 is 0 Å². The van der Waals surface area contributed by atoms with Crippen LogP contribution in [0.15, 0.2) is 126 Å². The first kappa shape index (κ1) is 37.1. The maximum Gasteiger partial charge on any atom is 0.139 e. The third-order valence-corrected chi connectivity index (χ3v) is 15.1. The zero-order valence-corrected chi connectivity index (χ0v) is 36.5. The molecule has 0 unspecified atom stereocenters. The van der Waals surface area contributed by atoms with Gasteiger partial charge in [0.25, 0.3) is 0 Å². The second-order valence-electron chi connectivity index (χ2n) is 18.2. The molecule has 1 nitrogen and oxygen atoms in total. The fourth-order valence-electron chi connectivity index (χ4n) is 11.3. The van der Waals surface area contributed by atoms with E-state index >= 15 is 0 Å². The van der Waals surface area contributed by atoms with Crippen molar-refractivity contribution < 1.29 is 4.42 Å². The molecule has 0 amide bonds. The van der Waals surface area contributed by atoms with Crippen molar-refractivity contribution in [2.45, 2.75) is 19.3 Å². The fraction of sp³-hybridized carbons (Fsp3) is 0.0588. The molecule has 0 saturated carbocycles. The van der Waals surface area contributed by atoms with E-state index in [9.17, 15) is 0 Å². The van der Waals surface area contributed by atoms with Gasteiger partial charge in [0.2, 0.25) is 0 Å². The third-order valence-electron chi connectivity index (χ3n) is 15.1. The molecule has 9 aromatic carbocycles. The lowest BCUT2D eigenvalue weighted by Crippen LogP contribution is -2.50. The van der Waals surface area contributed by atoms with Gasteiger partial charge in [-0.1, -0.05) is 133 Å². The average molecular weight is 757 g/mol. The predicted molar refractivity (Wildman–Crippen MR) is 286 cm³/mol. The Labute approximate surface area is 359 Å². The molecular weight excluding hydrogens is 715 g/mol. The van der Waals surface area contributed by atoms with Crippen LogP contribution in [-0.4, -0.2) is 62.8 Å². The van der Waals surface area contributed by atoms with Gasteiger partial charge in [-0.25, -0.2) is 0 Å². The number of fused-ring (bicyclic) bond motifs is 10. The maximum absolute atomic E-state index is 6.57. The Morgan fingerprint density at radius 3 is 1.57 bits per heavy atom. The smallest absolute Gasteiger partial charge is 0.139 e. The summed E-state index contributed by atoms with van der Waals surface area (Å²) < 4.78 is 6.57. The van der Waals surface area contributed by atoms with Gasteiger partial charge in [0.15, 0.2) is 0 Å². The van der Waals surface area contributed by atoms with Crippen LogP contribution in [0.4, 0.5) is 0 Å². The van der Waals surface area contributed by atoms with Crippen molar-refractivity contribution in [1.29, 1.82) is 0 Å². The van der Waals surface area contributed by atoms with Crippen molar-refractivity contribution in [2.75, 3.05) is 0 Å². The van der Waals surface area contributed by atoms with E-state index in [0.29, 0.717) is 0 Å². The van der Waals surface area contributed by atoms with Gasteiger partial charge in [0.1, 0.15) is 73.9 Å². The van der Waals surface area contributed by atoms with Crippen molar-refractivity contribution in [1.82, 2.24) is 0 Å². The van der Waals surface area contributed by atoms with Crippen molar-refractivity contribution >= 4 is 161 Å². The highest BCUT2D eigenvalue weighted by atomic mass is 16.3. The highest BCUT2D eigenvalue weighted by Gasteiger charge is 2.37. The van der Waals surface area contributed by atoms with E-state index in [0.717, 1.165) is 16.6 Å². The summed E-state index contributed by atoms with van der Waals surface area (Å²) in [5.74, 6) is 0. The molecule has 0 N–H and O–H groups in total. The van der Waals surface area contributed by atoms with Crippen molar-refractivity contribution in [3.63, 3.8) is 0 Å². The molecule has 0 aliphatic heterocycles. The van der Waals surface area contributed by atoms with Gasteiger partial charge in [-0.05, 0) is 112 Å². The predicted octanol–water partition coefficient (Wildman–Crippen LogP) is 0.420. The number of hydrogen-bond acceptors (Lipinski definition) is 1. The van der Waals surface area contributed by atoms with E-state index in [4.69, 9.17) is 4.42 Å². The monoisotopic (exact) mass is 758 g/mol. The molecular formula is C51H42B8O. The van der Waals surface area contributed by atoms with Crippen LogP contribution in [-0.2, 0) is 5.41 Å². The summed E-state index contributed by atoms with van der Waals surface area (Å²) in [6.07, 6.45) is 0. The van der Waals surface area contributed by atoms with E-state index in [1.54, 1.807) is 0 Å². The van der Waals surface area contributed by atoms with Crippen LogP contribution in [0.1, 0.15) is 25.0 Å². The SMILES string of the molecule is Bc1c(B)c(B)c2c(-c3ccc4oc5ccc6ccccc6c5c4c3)c3c(B)c(B)c(B)c(B)c3c(-c3cccc(-c4cccc5c4C(C)(C)c4ccccc4-5)c3)c2c1B. The van der Waals surface area contributed by atoms with Crippen LogP contribution < -0.4 is 43.7 Å². The minimum Gasteiger partial charge on any atom is -0.456 e. The molecule has 0 atom stereocenters. The Kier molecular flexibility index (Phi) is 8.06. The van der Waals surface area contributed by atoms with Crippen LogP contribution in [0.25, 0.3) is 98.8 Å². The summed E-state index contributed by atoms with van der Waals surface area (Å²) in [5, 5.41) is 10.2. The summed E-state index contributed by atoms with van der Waals surface area (Å²) in [5.41, 5.74) is 25.8. The molecule has 0 spiro atoms. The topological polar surface area (TPSA) is 13.1 Å². The first-order chi connectivity index (χ1) is 28.9. The summed E-state index contributed by atoms with van der Waals surface area (Å²) in [6.45, 7) is 4.79. The lowest BCUT2D eigenvalue weighted by Gasteiger charge is -2.28. The number of rotatable bonds is 3. The lowest BCUT2D eigenvalue weighted by molar-refractivity contribution is 0.662. The molecule has 276 valence electrons. The Bertz CT molecular complexity index is 3480. The van der Waals surface area contributed by atoms with E-state index in [1.807, 2.05) is 0 Å². The summed E-state index contributed by atoms with van der Waals surface area (Å²) in [4.78, 5) is 0. The highest BCUT2D eigenvalue weighted by Crippen LogP contribution is 2.52. The molecule has 0 fully saturated rings. The van der Waals surface area contributed by atoms with Crippen LogP contribution >= 0.6 is 0 Å². The number of benzene rings is 9. The van der Waals surface area contributed by atoms with Crippen LogP contribution in [0, 0.1) is 0 Å². The molecule has 1 aliphatic rings. The Morgan fingerprint density at radius 2 is 0.900 bits per heavy atom. The molecule has 9 heteroatoms. The molecule has 11 rings (SSSR count). The first-order valence-corrected chi connectivity index (χ1v) is 21.5. The zero-order valence-electron chi connectivity index (χ0n) is 36.5. The van der Waals surface area contributed by atoms with Crippen molar-refractivity contribution in [3.05, 3.63) is 132 Å². The van der Waals surface area contributed by atoms with Gasteiger partial charge in [-0.3, -0.25) is 0 Å². The van der Waals surface area contributed by atoms with Gasteiger partial charge in [-0.2, -0.15) is 0 Å². The second-order valence-corrected chi connectivity index (χ2v) is 18.2. The van der Waals surface area contributed by atoms with Crippen LogP contribution in [0.2, 0.25) is 0 Å². The lowest BCUT2D eigenvalue weighted by atomic mass is 9.59. The summed E-state index contributed by atoms with van der Waals surface area (Å²) in [7, 11) is 18.7. The minimum atomic E-state index is -0.113. The Balaban J connectivity index is 1.27. The van der Waals surface area contributed by atoms with Gasteiger partial charge >= 0.3 is 0 Å². The zero-order chi connectivity index (χ0) is 41.5. The van der Waals surface area contributed by atoms with E-state index in [2.05, 4.69) is 198 Å². The van der Waals surface area contributed by atoms with Crippen LogP contribution in [0.3, 0.4) is 0 Å². The van der Waals surface area contributed by atoms with Gasteiger partial charge in [-0.15, -0.1) is 21.9 Å². The van der Waals surface area contributed by atoms with E-state index in [-0.39, 0.29) is 5.41 Å². The number of furan rings is 1. The Morgan fingerprint density at radius 1 is 0.383 bits per heavy atom. The van der Waals surface area contributed by atoms with E-state index in [1.165, 1.54) is 137 Å². The fourth-order valence-corrected chi connectivity index (χ4v) is 11.3.